The number of likely N-dealkylation sites (N-methyl/N-ethyl adjacent to an activating group) is 1. The Morgan fingerprint density at radius 3 is 2.70 bits per heavy atom. The first kappa shape index (κ1) is 13.9. The van der Waals surface area contributed by atoms with Crippen molar-refractivity contribution >= 4 is 11.4 Å². The van der Waals surface area contributed by atoms with E-state index in [2.05, 4.69) is 6.07 Å². The molecule has 0 saturated heterocycles. The van der Waals surface area contributed by atoms with E-state index in [1.165, 1.54) is 0 Å². The third-order valence-electron chi connectivity index (χ3n) is 3.16. The topological polar surface area (TPSA) is 73.3 Å². The van der Waals surface area contributed by atoms with Crippen LogP contribution in [0, 0.1) is 11.3 Å². The van der Waals surface area contributed by atoms with E-state index in [4.69, 9.17) is 11.0 Å². The smallest absolute Gasteiger partial charge is 0.0992 e. The number of hydrogen-bond donors (Lipinski definition) is 2. The SMILES string of the molecule is CN(CC(O)c1cccc(N)c1)c1cccc(C#N)c1. The van der Waals surface area contributed by atoms with E-state index >= 15 is 0 Å². The van der Waals surface area contributed by atoms with Crippen LogP contribution in [0.4, 0.5) is 11.4 Å². The lowest BCUT2D eigenvalue weighted by molar-refractivity contribution is 0.185. The minimum Gasteiger partial charge on any atom is -0.399 e. The molecule has 0 spiro atoms. The zero-order valence-electron chi connectivity index (χ0n) is 11.3. The van der Waals surface area contributed by atoms with E-state index in [0.717, 1.165) is 11.3 Å². The Balaban J connectivity index is 2.11. The van der Waals surface area contributed by atoms with E-state index in [1.807, 2.05) is 36.2 Å². The Labute approximate surface area is 118 Å². The summed E-state index contributed by atoms with van der Waals surface area (Å²) in [5.74, 6) is 0. The maximum atomic E-state index is 10.2. The molecule has 1 atom stereocenters. The molecule has 0 aliphatic carbocycles. The number of nitrogen functional groups attached to an aromatic ring is 1. The molecule has 0 aliphatic heterocycles. The van der Waals surface area contributed by atoms with Crippen molar-refractivity contribution in [2.45, 2.75) is 6.10 Å². The summed E-state index contributed by atoms with van der Waals surface area (Å²) in [5.41, 5.74) is 8.64. The van der Waals surface area contributed by atoms with Crippen molar-refractivity contribution in [3.05, 3.63) is 59.7 Å². The molecule has 102 valence electrons. The highest BCUT2D eigenvalue weighted by Gasteiger charge is 2.11. The molecule has 4 heteroatoms. The molecule has 2 rings (SSSR count). The monoisotopic (exact) mass is 267 g/mol. The van der Waals surface area contributed by atoms with E-state index in [0.29, 0.717) is 17.8 Å². The van der Waals surface area contributed by atoms with Gasteiger partial charge in [-0.25, -0.2) is 0 Å². The zero-order valence-corrected chi connectivity index (χ0v) is 11.3. The second-order valence-electron chi connectivity index (χ2n) is 4.73. The maximum absolute atomic E-state index is 10.2. The third kappa shape index (κ3) is 3.28. The molecule has 0 amide bonds. The lowest BCUT2D eigenvalue weighted by Crippen LogP contribution is -2.24. The summed E-state index contributed by atoms with van der Waals surface area (Å²) in [6.07, 6.45) is -0.630. The van der Waals surface area contributed by atoms with E-state index in [1.54, 1.807) is 24.3 Å². The maximum Gasteiger partial charge on any atom is 0.0992 e. The molecular weight excluding hydrogens is 250 g/mol. The fourth-order valence-corrected chi connectivity index (χ4v) is 2.05. The number of rotatable bonds is 4. The minimum absolute atomic E-state index is 0.429. The molecule has 3 N–H and O–H groups in total. The summed E-state index contributed by atoms with van der Waals surface area (Å²) in [4.78, 5) is 1.91. The van der Waals surface area contributed by atoms with Crippen molar-refractivity contribution < 1.29 is 5.11 Å². The van der Waals surface area contributed by atoms with Crippen molar-refractivity contribution in [3.63, 3.8) is 0 Å². The van der Waals surface area contributed by atoms with E-state index in [9.17, 15) is 5.11 Å². The number of nitrogens with zero attached hydrogens (tertiary/aromatic N) is 2. The molecule has 0 aromatic heterocycles. The van der Waals surface area contributed by atoms with Gasteiger partial charge < -0.3 is 15.7 Å². The molecule has 0 aliphatic rings. The van der Waals surface area contributed by atoms with Crippen molar-refractivity contribution in [2.24, 2.45) is 0 Å². The van der Waals surface area contributed by atoms with E-state index < -0.39 is 6.10 Å². The van der Waals surface area contributed by atoms with Gasteiger partial charge in [-0.05, 0) is 35.9 Å². The molecule has 0 bridgehead atoms. The second-order valence-corrected chi connectivity index (χ2v) is 4.73. The number of aliphatic hydroxyl groups is 1. The van der Waals surface area contributed by atoms with Gasteiger partial charge in [-0.2, -0.15) is 5.26 Å². The largest absolute Gasteiger partial charge is 0.399 e. The van der Waals surface area contributed by atoms with Gasteiger partial charge in [0.2, 0.25) is 0 Å². The van der Waals surface area contributed by atoms with Gasteiger partial charge in [0, 0.05) is 25.0 Å². The number of anilines is 2. The quantitative estimate of drug-likeness (QED) is 0.834. The summed E-state index contributed by atoms with van der Waals surface area (Å²) in [5, 5.41) is 19.1. The normalized spacial score (nSPS) is 11.7. The molecule has 4 nitrogen and oxygen atoms in total. The summed E-state index contributed by atoms with van der Waals surface area (Å²) < 4.78 is 0. The highest BCUT2D eigenvalue weighted by molar-refractivity contribution is 5.51. The van der Waals surface area contributed by atoms with Crippen LogP contribution in [0.25, 0.3) is 0 Å². The zero-order chi connectivity index (χ0) is 14.5. The summed E-state index contributed by atoms with van der Waals surface area (Å²) in [6, 6.07) is 16.6. The van der Waals surface area contributed by atoms with Crippen LogP contribution < -0.4 is 10.6 Å². The van der Waals surface area contributed by atoms with Gasteiger partial charge in [0.1, 0.15) is 0 Å². The first-order valence-electron chi connectivity index (χ1n) is 6.35. The van der Waals surface area contributed by atoms with Crippen LogP contribution in [0.2, 0.25) is 0 Å². The predicted octanol–water partition coefficient (Wildman–Crippen LogP) is 2.31. The fourth-order valence-electron chi connectivity index (χ4n) is 2.05. The van der Waals surface area contributed by atoms with Gasteiger partial charge in [-0.1, -0.05) is 18.2 Å². The number of benzene rings is 2. The van der Waals surface area contributed by atoms with Crippen LogP contribution in [0.3, 0.4) is 0 Å². The molecule has 0 heterocycles. The van der Waals surface area contributed by atoms with Crippen LogP contribution in [-0.4, -0.2) is 18.7 Å². The third-order valence-corrected chi connectivity index (χ3v) is 3.16. The molecule has 2 aromatic carbocycles. The average Bonchev–Trinajstić information content (AvgIpc) is 2.47. The standard InChI is InChI=1S/C16H17N3O/c1-19(15-7-2-4-12(8-15)10-17)11-16(20)13-5-3-6-14(18)9-13/h2-9,16,20H,11,18H2,1H3. The lowest BCUT2D eigenvalue weighted by Gasteiger charge is -2.23. The minimum atomic E-state index is -0.630. The van der Waals surface area contributed by atoms with Crippen LogP contribution in [0.1, 0.15) is 17.2 Å². The Hall–Kier alpha value is -2.51. The Morgan fingerprint density at radius 1 is 1.25 bits per heavy atom. The van der Waals surface area contributed by atoms with Crippen LogP contribution in [0.15, 0.2) is 48.5 Å². The average molecular weight is 267 g/mol. The van der Waals surface area contributed by atoms with Gasteiger partial charge in [0.15, 0.2) is 0 Å². The predicted molar refractivity (Wildman–Crippen MR) is 80.2 cm³/mol. The Kier molecular flexibility index (Phi) is 4.24. The number of hydrogen-bond acceptors (Lipinski definition) is 4. The van der Waals surface area contributed by atoms with Gasteiger partial charge >= 0.3 is 0 Å². The number of aliphatic hydroxyl groups excluding tert-OH is 1. The highest BCUT2D eigenvalue weighted by atomic mass is 16.3. The van der Waals surface area contributed by atoms with Crippen LogP contribution in [-0.2, 0) is 0 Å². The summed E-state index contributed by atoms with van der Waals surface area (Å²) in [6.45, 7) is 0.429. The molecule has 0 radical (unpaired) electrons. The van der Waals surface area contributed by atoms with Gasteiger partial charge in [0.05, 0.1) is 17.7 Å². The van der Waals surface area contributed by atoms with Gasteiger partial charge in [0.25, 0.3) is 0 Å². The molecule has 2 aromatic rings. The van der Waals surface area contributed by atoms with Crippen LogP contribution >= 0.6 is 0 Å². The van der Waals surface area contributed by atoms with Crippen molar-refractivity contribution in [1.29, 1.82) is 5.26 Å². The first-order valence-corrected chi connectivity index (χ1v) is 6.35. The van der Waals surface area contributed by atoms with Crippen molar-refractivity contribution in [3.8, 4) is 6.07 Å². The fraction of sp³-hybridized carbons (Fsp3) is 0.188. The molecule has 0 saturated carbocycles. The molecule has 0 fully saturated rings. The highest BCUT2D eigenvalue weighted by Crippen LogP contribution is 2.20. The lowest BCUT2D eigenvalue weighted by atomic mass is 10.1. The van der Waals surface area contributed by atoms with E-state index in [-0.39, 0.29) is 0 Å². The van der Waals surface area contributed by atoms with Gasteiger partial charge in [-0.3, -0.25) is 0 Å². The summed E-state index contributed by atoms with van der Waals surface area (Å²) in [7, 11) is 1.88. The first-order chi connectivity index (χ1) is 9.60. The Bertz CT molecular complexity index is 634. The van der Waals surface area contributed by atoms with Crippen molar-refractivity contribution in [2.75, 3.05) is 24.2 Å². The van der Waals surface area contributed by atoms with Gasteiger partial charge in [-0.15, -0.1) is 0 Å². The molecule has 20 heavy (non-hydrogen) atoms. The Morgan fingerprint density at radius 2 is 2.00 bits per heavy atom. The number of nitrogens with two attached hydrogens (primary N) is 1. The van der Waals surface area contributed by atoms with Crippen LogP contribution in [0.5, 0.6) is 0 Å². The second kappa shape index (κ2) is 6.09. The summed E-state index contributed by atoms with van der Waals surface area (Å²) >= 11 is 0. The van der Waals surface area contributed by atoms with Crippen molar-refractivity contribution in [1.82, 2.24) is 0 Å². The number of nitriles is 1. The molecular formula is C16H17N3O. The molecule has 1 unspecified atom stereocenters.